The van der Waals surface area contributed by atoms with Gasteiger partial charge in [-0.1, -0.05) is 42.5 Å². The standard InChI is InChI=1S/C17H12O4S/c18-11-15-14-9-5-4-6-12(14)10-16(19)17(15)22(20,21)13-7-2-1-3-8-13/h1-9,11H,10H2. The molecular weight excluding hydrogens is 300 g/mol. The molecule has 2 aromatic carbocycles. The Morgan fingerprint density at radius 1 is 0.909 bits per heavy atom. The molecule has 0 aromatic heterocycles. The van der Waals surface area contributed by atoms with E-state index in [0.717, 1.165) is 0 Å². The highest BCUT2D eigenvalue weighted by atomic mass is 32.2. The molecule has 2 aromatic rings. The van der Waals surface area contributed by atoms with Crippen LogP contribution in [0.4, 0.5) is 0 Å². The minimum atomic E-state index is -4.02. The van der Waals surface area contributed by atoms with Crippen molar-refractivity contribution in [1.82, 2.24) is 0 Å². The van der Waals surface area contributed by atoms with Crippen molar-refractivity contribution in [3.8, 4) is 0 Å². The molecule has 110 valence electrons. The molecule has 22 heavy (non-hydrogen) atoms. The summed E-state index contributed by atoms with van der Waals surface area (Å²) in [5.41, 5.74) is 1.11. The molecule has 0 atom stereocenters. The summed E-state index contributed by atoms with van der Waals surface area (Å²) in [6, 6.07) is 14.5. The summed E-state index contributed by atoms with van der Waals surface area (Å²) >= 11 is 0. The van der Waals surface area contributed by atoms with Gasteiger partial charge in [0.1, 0.15) is 4.91 Å². The number of aldehydes is 1. The van der Waals surface area contributed by atoms with E-state index in [4.69, 9.17) is 0 Å². The molecule has 0 bridgehead atoms. The van der Waals surface area contributed by atoms with Crippen LogP contribution in [-0.2, 0) is 25.8 Å². The van der Waals surface area contributed by atoms with Crippen LogP contribution in [0, 0.1) is 0 Å². The van der Waals surface area contributed by atoms with Gasteiger partial charge in [0.05, 0.1) is 4.90 Å². The third-order valence-corrected chi connectivity index (χ3v) is 5.47. The lowest BCUT2D eigenvalue weighted by Gasteiger charge is -2.19. The quantitative estimate of drug-likeness (QED) is 0.815. The van der Waals surface area contributed by atoms with Crippen LogP contribution in [-0.4, -0.2) is 20.5 Å². The van der Waals surface area contributed by atoms with Gasteiger partial charge < -0.3 is 0 Å². The summed E-state index contributed by atoms with van der Waals surface area (Å²) < 4.78 is 25.5. The third-order valence-electron chi connectivity index (χ3n) is 3.60. The number of ketones is 1. The molecular formula is C17H12O4S. The number of rotatable bonds is 3. The summed E-state index contributed by atoms with van der Waals surface area (Å²) in [5, 5.41) is 0. The van der Waals surface area contributed by atoms with Gasteiger partial charge in [0.25, 0.3) is 0 Å². The van der Waals surface area contributed by atoms with Crippen LogP contribution in [0.5, 0.6) is 0 Å². The van der Waals surface area contributed by atoms with Crippen LogP contribution in [0.25, 0.3) is 5.57 Å². The average molecular weight is 312 g/mol. The molecule has 1 aliphatic carbocycles. The maximum atomic E-state index is 12.7. The van der Waals surface area contributed by atoms with Gasteiger partial charge in [-0.05, 0) is 23.3 Å². The first kappa shape index (κ1) is 14.4. The zero-order valence-electron chi connectivity index (χ0n) is 11.5. The van der Waals surface area contributed by atoms with Crippen molar-refractivity contribution in [2.45, 2.75) is 11.3 Å². The Morgan fingerprint density at radius 2 is 1.55 bits per heavy atom. The highest BCUT2D eigenvalue weighted by molar-refractivity contribution is 7.96. The summed E-state index contributed by atoms with van der Waals surface area (Å²) in [5.74, 6) is -0.551. The zero-order chi connectivity index (χ0) is 15.7. The van der Waals surface area contributed by atoms with Crippen LogP contribution in [0.15, 0.2) is 64.4 Å². The molecule has 0 aliphatic heterocycles. The van der Waals surface area contributed by atoms with Gasteiger partial charge in [0.15, 0.2) is 12.1 Å². The van der Waals surface area contributed by atoms with Crippen LogP contribution in [0.2, 0.25) is 0 Å². The van der Waals surface area contributed by atoms with Crippen molar-refractivity contribution in [3.05, 3.63) is 70.6 Å². The Balaban J connectivity index is 2.31. The number of Topliss-reactive ketones (excluding diaryl/α,β-unsaturated/α-hetero) is 1. The van der Waals surface area contributed by atoms with Gasteiger partial charge in [0, 0.05) is 12.0 Å². The highest BCUT2D eigenvalue weighted by Crippen LogP contribution is 2.33. The molecule has 4 nitrogen and oxygen atoms in total. The van der Waals surface area contributed by atoms with E-state index < -0.39 is 20.5 Å². The van der Waals surface area contributed by atoms with E-state index in [-0.39, 0.29) is 16.9 Å². The van der Waals surface area contributed by atoms with Crippen LogP contribution in [0.3, 0.4) is 0 Å². The normalized spacial score (nSPS) is 14.6. The monoisotopic (exact) mass is 312 g/mol. The lowest BCUT2D eigenvalue weighted by atomic mass is 9.91. The summed E-state index contributed by atoms with van der Waals surface area (Å²) in [6.07, 6.45) is 0.431. The Bertz CT molecular complexity index is 893. The second kappa shape index (κ2) is 5.35. The SMILES string of the molecule is O=CC1=C(S(=O)(=O)c2ccccc2)C(=O)Cc2ccccc21. The smallest absolute Gasteiger partial charge is 0.210 e. The molecule has 0 saturated carbocycles. The van der Waals surface area contributed by atoms with Crippen molar-refractivity contribution >= 4 is 27.5 Å². The summed E-state index contributed by atoms with van der Waals surface area (Å²) in [6.45, 7) is 0. The number of sulfone groups is 1. The number of benzene rings is 2. The highest BCUT2D eigenvalue weighted by Gasteiger charge is 2.34. The van der Waals surface area contributed by atoms with Gasteiger partial charge in [0.2, 0.25) is 9.84 Å². The van der Waals surface area contributed by atoms with E-state index >= 15 is 0 Å². The van der Waals surface area contributed by atoms with E-state index in [0.29, 0.717) is 17.4 Å². The Kier molecular flexibility index (Phi) is 3.50. The summed E-state index contributed by atoms with van der Waals surface area (Å²) in [7, 11) is -4.02. The van der Waals surface area contributed by atoms with Gasteiger partial charge in [-0.25, -0.2) is 8.42 Å². The van der Waals surface area contributed by atoms with Gasteiger partial charge >= 0.3 is 0 Å². The number of carbonyl (C=O) groups excluding carboxylic acids is 2. The zero-order valence-corrected chi connectivity index (χ0v) is 12.3. The third kappa shape index (κ3) is 2.19. The molecule has 0 unspecified atom stereocenters. The number of allylic oxidation sites excluding steroid dienone is 2. The van der Waals surface area contributed by atoms with Gasteiger partial charge in [-0.3, -0.25) is 9.59 Å². The molecule has 0 radical (unpaired) electrons. The van der Waals surface area contributed by atoms with Crippen molar-refractivity contribution in [3.63, 3.8) is 0 Å². The van der Waals surface area contributed by atoms with Crippen LogP contribution in [0.1, 0.15) is 11.1 Å². The van der Waals surface area contributed by atoms with Crippen molar-refractivity contribution in [2.75, 3.05) is 0 Å². The fourth-order valence-electron chi connectivity index (χ4n) is 2.59. The first-order valence-corrected chi connectivity index (χ1v) is 8.15. The maximum absolute atomic E-state index is 12.7. The predicted molar refractivity (Wildman–Crippen MR) is 81.8 cm³/mol. The maximum Gasteiger partial charge on any atom is 0.210 e. The Morgan fingerprint density at radius 3 is 2.23 bits per heavy atom. The topological polar surface area (TPSA) is 68.3 Å². The van der Waals surface area contributed by atoms with E-state index in [9.17, 15) is 18.0 Å². The van der Waals surface area contributed by atoms with Gasteiger partial charge in [-0.2, -0.15) is 0 Å². The second-order valence-corrected chi connectivity index (χ2v) is 6.82. The number of hydrogen-bond acceptors (Lipinski definition) is 4. The van der Waals surface area contributed by atoms with Crippen LogP contribution >= 0.6 is 0 Å². The minimum absolute atomic E-state index is 0.0112. The molecule has 5 heteroatoms. The van der Waals surface area contributed by atoms with E-state index in [1.54, 1.807) is 42.5 Å². The minimum Gasteiger partial charge on any atom is -0.298 e. The molecule has 0 fully saturated rings. The first-order chi connectivity index (χ1) is 10.6. The molecule has 0 spiro atoms. The molecule has 0 N–H and O–H groups in total. The average Bonchev–Trinajstić information content (AvgIpc) is 2.54. The number of hydrogen-bond donors (Lipinski definition) is 0. The van der Waals surface area contributed by atoms with Crippen molar-refractivity contribution < 1.29 is 18.0 Å². The predicted octanol–water partition coefficient (Wildman–Crippen LogP) is 2.20. The molecule has 0 saturated heterocycles. The van der Waals surface area contributed by atoms with Crippen molar-refractivity contribution in [1.29, 1.82) is 0 Å². The lowest BCUT2D eigenvalue weighted by Crippen LogP contribution is -2.23. The number of fused-ring (bicyclic) bond motifs is 1. The second-order valence-electron chi connectivity index (χ2n) is 4.93. The summed E-state index contributed by atoms with van der Waals surface area (Å²) in [4.78, 5) is 23.4. The Labute approximate surface area is 128 Å². The van der Waals surface area contributed by atoms with E-state index in [1.807, 2.05) is 0 Å². The molecule has 1 aliphatic rings. The fourth-order valence-corrected chi connectivity index (χ4v) is 4.16. The first-order valence-electron chi connectivity index (χ1n) is 6.67. The molecule has 0 amide bonds. The molecule has 0 heterocycles. The van der Waals surface area contributed by atoms with E-state index in [2.05, 4.69) is 0 Å². The fraction of sp³-hybridized carbons (Fsp3) is 0.0588. The van der Waals surface area contributed by atoms with Crippen molar-refractivity contribution in [2.24, 2.45) is 0 Å². The largest absolute Gasteiger partial charge is 0.298 e. The van der Waals surface area contributed by atoms with E-state index in [1.165, 1.54) is 12.1 Å². The Hall–Kier alpha value is -2.53. The van der Waals surface area contributed by atoms with Gasteiger partial charge in [-0.15, -0.1) is 0 Å². The lowest BCUT2D eigenvalue weighted by molar-refractivity contribution is -0.114. The van der Waals surface area contributed by atoms with Crippen LogP contribution < -0.4 is 0 Å². The molecule has 3 rings (SSSR count). The number of carbonyl (C=O) groups is 2.